The molecular weight excluding hydrogens is 276 g/mol. The van der Waals surface area contributed by atoms with Crippen LogP contribution in [0.15, 0.2) is 29.2 Å². The molecule has 0 radical (unpaired) electrons. The Morgan fingerprint density at radius 2 is 2.00 bits per heavy atom. The Kier molecular flexibility index (Phi) is 4.76. The van der Waals surface area contributed by atoms with Gasteiger partial charge in [-0.15, -0.1) is 0 Å². The SMILES string of the molecule is CO[C@@H]1CCCC[C@H]1NS(=O)(=O)c1ccccc1C#N. The van der Waals surface area contributed by atoms with E-state index in [9.17, 15) is 8.42 Å². The quantitative estimate of drug-likeness (QED) is 0.918. The second-order valence-corrected chi connectivity index (χ2v) is 6.58. The number of hydrogen-bond acceptors (Lipinski definition) is 4. The number of nitrogens with zero attached hydrogens (tertiary/aromatic N) is 1. The van der Waals surface area contributed by atoms with Crippen molar-refractivity contribution in [2.45, 2.75) is 42.7 Å². The maximum absolute atomic E-state index is 12.4. The first kappa shape index (κ1) is 15.0. The van der Waals surface area contributed by atoms with Crippen LogP contribution < -0.4 is 4.72 Å². The van der Waals surface area contributed by atoms with Crippen LogP contribution in [-0.4, -0.2) is 27.7 Å². The molecule has 1 aliphatic rings. The molecule has 20 heavy (non-hydrogen) atoms. The van der Waals surface area contributed by atoms with Crippen molar-refractivity contribution in [3.8, 4) is 6.07 Å². The molecule has 6 heteroatoms. The summed E-state index contributed by atoms with van der Waals surface area (Å²) in [6, 6.07) is 7.90. The number of ether oxygens (including phenoxy) is 1. The van der Waals surface area contributed by atoms with Crippen molar-refractivity contribution in [1.82, 2.24) is 4.72 Å². The Morgan fingerprint density at radius 3 is 2.70 bits per heavy atom. The summed E-state index contributed by atoms with van der Waals surface area (Å²) in [6.45, 7) is 0. The largest absolute Gasteiger partial charge is 0.380 e. The highest BCUT2D eigenvalue weighted by molar-refractivity contribution is 7.89. The van der Waals surface area contributed by atoms with Crippen molar-refractivity contribution in [3.63, 3.8) is 0 Å². The normalized spacial score (nSPS) is 23.2. The Hall–Kier alpha value is -1.42. The average Bonchev–Trinajstić information content (AvgIpc) is 2.47. The lowest BCUT2D eigenvalue weighted by Gasteiger charge is -2.30. The zero-order chi connectivity index (χ0) is 14.6. The monoisotopic (exact) mass is 294 g/mol. The van der Waals surface area contributed by atoms with Crippen LogP contribution in [0.2, 0.25) is 0 Å². The van der Waals surface area contributed by atoms with Crippen molar-refractivity contribution in [2.75, 3.05) is 7.11 Å². The molecule has 108 valence electrons. The van der Waals surface area contributed by atoms with E-state index in [1.807, 2.05) is 6.07 Å². The Labute approximate surface area is 119 Å². The minimum absolute atomic E-state index is 0.0305. The second-order valence-electron chi connectivity index (χ2n) is 4.89. The smallest absolute Gasteiger partial charge is 0.242 e. The van der Waals surface area contributed by atoms with Gasteiger partial charge in [-0.25, -0.2) is 13.1 Å². The van der Waals surface area contributed by atoms with Crippen molar-refractivity contribution >= 4 is 10.0 Å². The number of sulfonamides is 1. The Bertz CT molecular complexity index is 607. The molecule has 1 aliphatic carbocycles. The van der Waals surface area contributed by atoms with Gasteiger partial charge in [0.1, 0.15) is 6.07 Å². The summed E-state index contributed by atoms with van der Waals surface area (Å²) in [5, 5.41) is 9.02. The van der Waals surface area contributed by atoms with Gasteiger partial charge in [0, 0.05) is 13.2 Å². The molecule has 0 saturated heterocycles. The summed E-state index contributed by atoms with van der Waals surface area (Å²) in [7, 11) is -2.10. The molecule has 0 aliphatic heterocycles. The molecule has 0 bridgehead atoms. The predicted octanol–water partition coefficient (Wildman–Crippen LogP) is 1.79. The van der Waals surface area contributed by atoms with E-state index in [1.165, 1.54) is 12.1 Å². The van der Waals surface area contributed by atoms with E-state index >= 15 is 0 Å². The van der Waals surface area contributed by atoms with Gasteiger partial charge in [-0.3, -0.25) is 0 Å². The third-order valence-electron chi connectivity index (χ3n) is 3.61. The fourth-order valence-electron chi connectivity index (χ4n) is 2.57. The first-order valence-corrected chi connectivity index (χ1v) is 8.11. The van der Waals surface area contributed by atoms with Gasteiger partial charge in [0.2, 0.25) is 10.0 Å². The van der Waals surface area contributed by atoms with Gasteiger partial charge >= 0.3 is 0 Å². The molecule has 1 aromatic rings. The number of rotatable bonds is 4. The van der Waals surface area contributed by atoms with Gasteiger partial charge in [-0.2, -0.15) is 5.26 Å². The predicted molar refractivity (Wildman–Crippen MR) is 74.5 cm³/mol. The van der Waals surface area contributed by atoms with Gasteiger partial charge in [-0.05, 0) is 25.0 Å². The van der Waals surface area contributed by atoms with Crippen molar-refractivity contribution in [3.05, 3.63) is 29.8 Å². The van der Waals surface area contributed by atoms with Crippen LogP contribution in [0.1, 0.15) is 31.2 Å². The van der Waals surface area contributed by atoms with Crippen LogP contribution in [-0.2, 0) is 14.8 Å². The van der Waals surface area contributed by atoms with E-state index in [2.05, 4.69) is 4.72 Å². The third kappa shape index (κ3) is 3.18. The maximum Gasteiger partial charge on any atom is 0.242 e. The molecule has 1 fully saturated rings. The van der Waals surface area contributed by atoms with Crippen LogP contribution in [0.4, 0.5) is 0 Å². The Morgan fingerprint density at radius 1 is 1.30 bits per heavy atom. The molecule has 1 aromatic carbocycles. The molecule has 0 aromatic heterocycles. The third-order valence-corrected chi connectivity index (χ3v) is 5.16. The number of nitrogens with one attached hydrogen (secondary N) is 1. The molecule has 5 nitrogen and oxygen atoms in total. The molecule has 0 spiro atoms. The molecule has 1 saturated carbocycles. The summed E-state index contributed by atoms with van der Waals surface area (Å²) >= 11 is 0. The summed E-state index contributed by atoms with van der Waals surface area (Å²) in [6.07, 6.45) is 3.53. The van der Waals surface area contributed by atoms with Gasteiger partial charge in [0.05, 0.1) is 16.6 Å². The standard InChI is InChI=1S/C14H18N2O3S/c1-19-13-8-4-3-7-12(13)16-20(17,18)14-9-5-2-6-11(14)10-15/h2,5-6,9,12-13,16H,3-4,7-8H2,1H3/t12-,13-/m1/s1. The fourth-order valence-corrected chi connectivity index (χ4v) is 4.03. The minimum atomic E-state index is -3.70. The van der Waals surface area contributed by atoms with Gasteiger partial charge in [0.25, 0.3) is 0 Å². The summed E-state index contributed by atoms with van der Waals surface area (Å²) in [5.74, 6) is 0. The average molecular weight is 294 g/mol. The summed E-state index contributed by atoms with van der Waals surface area (Å²) in [4.78, 5) is 0.0305. The van der Waals surface area contributed by atoms with Crippen molar-refractivity contribution in [2.24, 2.45) is 0 Å². The second kappa shape index (κ2) is 6.35. The van der Waals surface area contributed by atoms with Crippen LogP contribution >= 0.6 is 0 Å². The van der Waals surface area contributed by atoms with E-state index in [-0.39, 0.29) is 22.6 Å². The van der Waals surface area contributed by atoms with Crippen LogP contribution in [0.25, 0.3) is 0 Å². The lowest BCUT2D eigenvalue weighted by molar-refractivity contribution is 0.0493. The minimum Gasteiger partial charge on any atom is -0.380 e. The fraction of sp³-hybridized carbons (Fsp3) is 0.500. The van der Waals surface area contributed by atoms with E-state index in [1.54, 1.807) is 19.2 Å². The number of hydrogen-bond donors (Lipinski definition) is 1. The summed E-state index contributed by atoms with van der Waals surface area (Å²) in [5.41, 5.74) is 0.157. The highest BCUT2D eigenvalue weighted by Gasteiger charge is 2.30. The van der Waals surface area contributed by atoms with Crippen molar-refractivity contribution in [1.29, 1.82) is 5.26 Å². The van der Waals surface area contributed by atoms with E-state index in [0.29, 0.717) is 0 Å². The molecule has 0 amide bonds. The lowest BCUT2D eigenvalue weighted by Crippen LogP contribution is -2.45. The van der Waals surface area contributed by atoms with E-state index in [4.69, 9.17) is 10.00 Å². The van der Waals surface area contributed by atoms with E-state index in [0.717, 1.165) is 25.7 Å². The van der Waals surface area contributed by atoms with Crippen LogP contribution in [0.3, 0.4) is 0 Å². The van der Waals surface area contributed by atoms with Crippen LogP contribution in [0.5, 0.6) is 0 Å². The zero-order valence-corrected chi connectivity index (χ0v) is 12.2. The maximum atomic E-state index is 12.4. The van der Waals surface area contributed by atoms with Gasteiger partial charge < -0.3 is 4.74 Å². The molecule has 2 atom stereocenters. The van der Waals surface area contributed by atoms with E-state index < -0.39 is 10.0 Å². The van der Waals surface area contributed by atoms with Gasteiger partial charge in [0.15, 0.2) is 0 Å². The number of nitriles is 1. The number of methoxy groups -OCH3 is 1. The topological polar surface area (TPSA) is 79.2 Å². The Balaban J connectivity index is 2.25. The number of benzene rings is 1. The summed E-state index contributed by atoms with van der Waals surface area (Å²) < 4.78 is 32.9. The molecule has 1 N–H and O–H groups in total. The van der Waals surface area contributed by atoms with Crippen molar-refractivity contribution < 1.29 is 13.2 Å². The first-order chi connectivity index (χ1) is 9.58. The van der Waals surface area contributed by atoms with Gasteiger partial charge in [-0.1, -0.05) is 25.0 Å². The molecule has 2 rings (SSSR count). The molecule has 0 heterocycles. The lowest BCUT2D eigenvalue weighted by atomic mass is 9.93. The first-order valence-electron chi connectivity index (χ1n) is 6.62. The van der Waals surface area contributed by atoms with Crippen LogP contribution in [0, 0.1) is 11.3 Å². The highest BCUT2D eigenvalue weighted by Crippen LogP contribution is 2.23. The molecule has 0 unspecified atom stereocenters. The zero-order valence-electron chi connectivity index (χ0n) is 11.4. The highest BCUT2D eigenvalue weighted by atomic mass is 32.2. The molecular formula is C14H18N2O3S.